The first-order valence-electron chi connectivity index (χ1n) is 8.57. The number of ether oxygens (including phenoxy) is 1. The van der Waals surface area contributed by atoms with Crippen molar-refractivity contribution in [1.82, 2.24) is 5.32 Å². The number of para-hydroxylation sites is 2. The smallest absolute Gasteiger partial charge is 0.227 e. The number of hydrogen-bond acceptors (Lipinski definition) is 3. The van der Waals surface area contributed by atoms with Gasteiger partial charge >= 0.3 is 0 Å². The molecule has 0 saturated heterocycles. The molecule has 25 heavy (non-hydrogen) atoms. The van der Waals surface area contributed by atoms with Gasteiger partial charge in [-0.05, 0) is 30.2 Å². The molecule has 0 aromatic heterocycles. The standard InChI is InChI=1S/C20H22N2O3/c23-19(12-15-25-17-7-2-1-3-8-17)21-13-14-22-18-9-5-4-6-16(18)10-11-20(22)24/h1-9H,10-15H2,(H,21,23). The summed E-state index contributed by atoms with van der Waals surface area (Å²) in [4.78, 5) is 25.8. The van der Waals surface area contributed by atoms with Gasteiger partial charge in [-0.15, -0.1) is 0 Å². The lowest BCUT2D eigenvalue weighted by molar-refractivity contribution is -0.122. The summed E-state index contributed by atoms with van der Waals surface area (Å²) in [7, 11) is 0. The molecule has 5 heteroatoms. The lowest BCUT2D eigenvalue weighted by Gasteiger charge is -2.29. The topological polar surface area (TPSA) is 58.6 Å². The SMILES string of the molecule is O=C(CCOc1ccccc1)NCCN1C(=O)CCc2ccccc21. The number of anilines is 1. The second-order valence-corrected chi connectivity index (χ2v) is 5.94. The van der Waals surface area contributed by atoms with Gasteiger partial charge in [-0.3, -0.25) is 9.59 Å². The summed E-state index contributed by atoms with van der Waals surface area (Å²) in [5.74, 6) is 0.792. The summed E-state index contributed by atoms with van der Waals surface area (Å²) in [5, 5.41) is 2.85. The van der Waals surface area contributed by atoms with Crippen molar-refractivity contribution in [3.05, 3.63) is 60.2 Å². The van der Waals surface area contributed by atoms with Crippen LogP contribution >= 0.6 is 0 Å². The number of nitrogens with one attached hydrogen (secondary N) is 1. The highest BCUT2D eigenvalue weighted by atomic mass is 16.5. The van der Waals surface area contributed by atoms with E-state index < -0.39 is 0 Å². The number of fused-ring (bicyclic) bond motifs is 1. The van der Waals surface area contributed by atoms with E-state index in [4.69, 9.17) is 4.74 Å². The Bertz CT molecular complexity index is 731. The van der Waals surface area contributed by atoms with Crippen molar-refractivity contribution in [3.8, 4) is 5.75 Å². The molecule has 0 atom stereocenters. The Labute approximate surface area is 147 Å². The maximum absolute atomic E-state index is 12.2. The first kappa shape index (κ1) is 17.0. The first-order valence-corrected chi connectivity index (χ1v) is 8.57. The average Bonchev–Trinajstić information content (AvgIpc) is 2.64. The minimum Gasteiger partial charge on any atom is -0.493 e. The Hall–Kier alpha value is -2.82. The van der Waals surface area contributed by atoms with Crippen LogP contribution in [0.2, 0.25) is 0 Å². The third-order valence-corrected chi connectivity index (χ3v) is 4.19. The highest BCUT2D eigenvalue weighted by Gasteiger charge is 2.23. The molecule has 0 fully saturated rings. The third kappa shape index (κ3) is 4.59. The number of carbonyl (C=O) groups excluding carboxylic acids is 2. The monoisotopic (exact) mass is 338 g/mol. The first-order chi connectivity index (χ1) is 12.2. The van der Waals surface area contributed by atoms with Crippen LogP contribution in [0.5, 0.6) is 5.75 Å². The van der Waals surface area contributed by atoms with E-state index in [9.17, 15) is 9.59 Å². The van der Waals surface area contributed by atoms with Crippen molar-refractivity contribution in [2.75, 3.05) is 24.6 Å². The van der Waals surface area contributed by atoms with Crippen molar-refractivity contribution in [1.29, 1.82) is 0 Å². The van der Waals surface area contributed by atoms with Crippen LogP contribution in [0.25, 0.3) is 0 Å². The molecule has 3 rings (SSSR count). The highest BCUT2D eigenvalue weighted by molar-refractivity contribution is 5.96. The van der Waals surface area contributed by atoms with E-state index in [1.807, 2.05) is 54.6 Å². The lowest BCUT2D eigenvalue weighted by Crippen LogP contribution is -2.41. The number of rotatable bonds is 7. The van der Waals surface area contributed by atoms with Crippen LogP contribution in [0.15, 0.2) is 54.6 Å². The third-order valence-electron chi connectivity index (χ3n) is 4.19. The normalized spacial score (nSPS) is 13.3. The number of benzene rings is 2. The van der Waals surface area contributed by atoms with E-state index in [0.29, 0.717) is 32.5 Å². The molecular weight excluding hydrogens is 316 g/mol. The van der Waals surface area contributed by atoms with E-state index in [0.717, 1.165) is 17.9 Å². The number of hydrogen-bond donors (Lipinski definition) is 1. The molecule has 0 bridgehead atoms. The van der Waals surface area contributed by atoms with Gasteiger partial charge in [0.25, 0.3) is 0 Å². The zero-order valence-corrected chi connectivity index (χ0v) is 14.1. The number of nitrogens with zero attached hydrogens (tertiary/aromatic N) is 1. The van der Waals surface area contributed by atoms with Crippen LogP contribution in [0.4, 0.5) is 5.69 Å². The molecule has 1 aliphatic rings. The van der Waals surface area contributed by atoms with Crippen molar-refractivity contribution >= 4 is 17.5 Å². The van der Waals surface area contributed by atoms with Crippen molar-refractivity contribution in [3.63, 3.8) is 0 Å². The van der Waals surface area contributed by atoms with Gasteiger partial charge in [0.05, 0.1) is 13.0 Å². The summed E-state index contributed by atoms with van der Waals surface area (Å²) in [6.45, 7) is 1.26. The number of aryl methyl sites for hydroxylation is 1. The fourth-order valence-electron chi connectivity index (χ4n) is 2.92. The van der Waals surface area contributed by atoms with Crippen molar-refractivity contribution in [2.24, 2.45) is 0 Å². The Morgan fingerprint density at radius 3 is 2.64 bits per heavy atom. The maximum atomic E-state index is 12.2. The van der Waals surface area contributed by atoms with Crippen LogP contribution in [0.1, 0.15) is 18.4 Å². The average molecular weight is 338 g/mol. The lowest BCUT2D eigenvalue weighted by atomic mass is 10.0. The quantitative estimate of drug-likeness (QED) is 0.844. The Kier molecular flexibility index (Phi) is 5.67. The minimum atomic E-state index is -0.0753. The molecule has 130 valence electrons. The second-order valence-electron chi connectivity index (χ2n) is 5.94. The molecule has 0 spiro atoms. The van der Waals surface area contributed by atoms with Gasteiger partial charge in [-0.2, -0.15) is 0 Å². The molecular formula is C20H22N2O3. The van der Waals surface area contributed by atoms with Gasteiger partial charge in [0, 0.05) is 25.2 Å². The molecule has 0 aliphatic carbocycles. The van der Waals surface area contributed by atoms with E-state index >= 15 is 0 Å². The Balaban J connectivity index is 1.42. The molecule has 0 saturated carbocycles. The predicted molar refractivity (Wildman–Crippen MR) is 96.7 cm³/mol. The predicted octanol–water partition coefficient (Wildman–Crippen LogP) is 2.55. The highest BCUT2D eigenvalue weighted by Crippen LogP contribution is 2.26. The molecule has 2 aromatic rings. The van der Waals surface area contributed by atoms with Crippen molar-refractivity contribution < 1.29 is 14.3 Å². The molecule has 0 radical (unpaired) electrons. The summed E-state index contributed by atoms with van der Waals surface area (Å²) < 4.78 is 5.51. The maximum Gasteiger partial charge on any atom is 0.227 e. The van der Waals surface area contributed by atoms with Gasteiger partial charge in [-0.1, -0.05) is 36.4 Å². The van der Waals surface area contributed by atoms with Gasteiger partial charge in [0.2, 0.25) is 11.8 Å². The zero-order valence-electron chi connectivity index (χ0n) is 14.1. The molecule has 0 unspecified atom stereocenters. The van der Waals surface area contributed by atoms with Gasteiger partial charge in [0.15, 0.2) is 0 Å². The van der Waals surface area contributed by atoms with E-state index in [1.165, 1.54) is 5.56 Å². The van der Waals surface area contributed by atoms with Crippen LogP contribution in [0, 0.1) is 0 Å². The van der Waals surface area contributed by atoms with Gasteiger partial charge < -0.3 is 15.0 Å². The van der Waals surface area contributed by atoms with E-state index in [-0.39, 0.29) is 11.8 Å². The molecule has 2 aromatic carbocycles. The zero-order chi connectivity index (χ0) is 17.5. The molecule has 2 amide bonds. The summed E-state index contributed by atoms with van der Waals surface area (Å²) >= 11 is 0. The number of carbonyl (C=O) groups is 2. The van der Waals surface area contributed by atoms with Crippen LogP contribution < -0.4 is 15.0 Å². The summed E-state index contributed by atoms with van der Waals surface area (Å²) in [6, 6.07) is 17.3. The summed E-state index contributed by atoms with van der Waals surface area (Å²) in [6.07, 6.45) is 1.60. The van der Waals surface area contributed by atoms with E-state index in [1.54, 1.807) is 4.90 Å². The van der Waals surface area contributed by atoms with Crippen LogP contribution in [-0.4, -0.2) is 31.5 Å². The molecule has 5 nitrogen and oxygen atoms in total. The van der Waals surface area contributed by atoms with E-state index in [2.05, 4.69) is 5.32 Å². The molecule has 1 heterocycles. The molecule has 1 N–H and O–H groups in total. The molecule has 1 aliphatic heterocycles. The van der Waals surface area contributed by atoms with Gasteiger partial charge in [-0.25, -0.2) is 0 Å². The van der Waals surface area contributed by atoms with Crippen molar-refractivity contribution in [2.45, 2.75) is 19.3 Å². The fourth-order valence-corrected chi connectivity index (χ4v) is 2.92. The van der Waals surface area contributed by atoms with Crippen LogP contribution in [0.3, 0.4) is 0 Å². The minimum absolute atomic E-state index is 0.0753. The second kappa shape index (κ2) is 8.33. The largest absolute Gasteiger partial charge is 0.493 e. The Morgan fingerprint density at radius 2 is 1.80 bits per heavy atom. The number of amides is 2. The summed E-state index contributed by atoms with van der Waals surface area (Å²) in [5.41, 5.74) is 2.14. The fraction of sp³-hybridized carbons (Fsp3) is 0.300. The Morgan fingerprint density at radius 1 is 1.04 bits per heavy atom. The van der Waals surface area contributed by atoms with Gasteiger partial charge in [0.1, 0.15) is 5.75 Å². The van der Waals surface area contributed by atoms with Crippen LogP contribution in [-0.2, 0) is 16.0 Å².